The molecule has 0 saturated carbocycles. The molecule has 0 unspecified atom stereocenters. The van der Waals surface area contributed by atoms with Crippen LogP contribution in [0.4, 0.5) is 0 Å². The van der Waals surface area contributed by atoms with Crippen molar-refractivity contribution in [3.8, 4) is 0 Å². The minimum absolute atomic E-state index is 0.240. The van der Waals surface area contributed by atoms with Crippen LogP contribution in [-0.4, -0.2) is 9.31 Å². The van der Waals surface area contributed by atoms with Crippen LogP contribution < -0.4 is 0 Å². The minimum atomic E-state index is 0.240. The first-order valence-corrected chi connectivity index (χ1v) is 8.27. The van der Waals surface area contributed by atoms with E-state index < -0.39 is 0 Å². The van der Waals surface area contributed by atoms with Gasteiger partial charge in [-0.25, -0.2) is 0 Å². The van der Waals surface area contributed by atoms with Gasteiger partial charge >= 0.3 is 0 Å². The third-order valence-corrected chi connectivity index (χ3v) is 4.71. The van der Waals surface area contributed by atoms with E-state index >= 15 is 0 Å². The summed E-state index contributed by atoms with van der Waals surface area (Å²) >= 11 is 2.01. The predicted molar refractivity (Wildman–Crippen MR) is 91.8 cm³/mol. The Balaban J connectivity index is 2.67. The SMILES string of the molecule is Cc1ccc2c(c1)c(SC(C)(C)C)c(CC(C)C)n2C. The van der Waals surface area contributed by atoms with Gasteiger partial charge in [0.05, 0.1) is 0 Å². The molecule has 1 heterocycles. The van der Waals surface area contributed by atoms with Gasteiger partial charge in [-0.3, -0.25) is 0 Å². The van der Waals surface area contributed by atoms with E-state index in [-0.39, 0.29) is 4.75 Å². The van der Waals surface area contributed by atoms with E-state index in [9.17, 15) is 0 Å². The van der Waals surface area contributed by atoms with E-state index in [1.54, 1.807) is 0 Å². The molecule has 1 aromatic heterocycles. The molecule has 20 heavy (non-hydrogen) atoms. The molecule has 2 aromatic rings. The molecule has 0 atom stereocenters. The van der Waals surface area contributed by atoms with Gasteiger partial charge in [-0.05, 0) is 31.4 Å². The number of nitrogens with zero attached hydrogens (tertiary/aromatic N) is 1. The molecule has 2 heteroatoms. The van der Waals surface area contributed by atoms with Gasteiger partial charge in [-0.1, -0.05) is 46.2 Å². The Labute approximate surface area is 127 Å². The van der Waals surface area contributed by atoms with Crippen LogP contribution in [0, 0.1) is 12.8 Å². The lowest BCUT2D eigenvalue weighted by atomic mass is 10.1. The molecule has 0 aliphatic rings. The fourth-order valence-electron chi connectivity index (χ4n) is 2.61. The Hall–Kier alpha value is -0.890. The van der Waals surface area contributed by atoms with Crippen LogP contribution in [0.3, 0.4) is 0 Å². The fourth-order valence-corrected chi connectivity index (χ4v) is 3.84. The molecule has 0 fully saturated rings. The number of benzene rings is 1. The Bertz CT molecular complexity index is 614. The number of aromatic nitrogens is 1. The Morgan fingerprint density at radius 3 is 2.40 bits per heavy atom. The third kappa shape index (κ3) is 3.22. The third-order valence-electron chi connectivity index (χ3n) is 3.43. The highest BCUT2D eigenvalue weighted by Crippen LogP contribution is 2.41. The normalized spacial score (nSPS) is 12.6. The topological polar surface area (TPSA) is 4.93 Å². The molecule has 0 N–H and O–H groups in total. The zero-order chi connectivity index (χ0) is 15.1. The maximum absolute atomic E-state index is 2.39. The second kappa shape index (κ2) is 5.48. The van der Waals surface area contributed by atoms with Crippen molar-refractivity contribution in [1.82, 2.24) is 4.57 Å². The van der Waals surface area contributed by atoms with Crippen molar-refractivity contribution in [3.05, 3.63) is 29.5 Å². The van der Waals surface area contributed by atoms with Gasteiger partial charge in [0.1, 0.15) is 0 Å². The molecule has 2 rings (SSSR count). The maximum Gasteiger partial charge on any atom is 0.0491 e. The van der Waals surface area contributed by atoms with Crippen LogP contribution in [0.1, 0.15) is 45.9 Å². The summed E-state index contributed by atoms with van der Waals surface area (Å²) in [4.78, 5) is 1.48. The summed E-state index contributed by atoms with van der Waals surface area (Å²) in [5, 5.41) is 1.42. The van der Waals surface area contributed by atoms with E-state index in [1.165, 1.54) is 27.1 Å². The first-order chi connectivity index (χ1) is 9.19. The average molecular weight is 289 g/mol. The van der Waals surface area contributed by atoms with Gasteiger partial charge in [0.15, 0.2) is 0 Å². The molecular weight excluding hydrogens is 262 g/mol. The van der Waals surface area contributed by atoms with E-state index in [1.807, 2.05) is 11.8 Å². The second-order valence-corrected chi connectivity index (χ2v) is 9.00. The number of hydrogen-bond acceptors (Lipinski definition) is 1. The average Bonchev–Trinajstić information content (AvgIpc) is 2.52. The molecule has 0 spiro atoms. The van der Waals surface area contributed by atoms with Crippen LogP contribution in [0.2, 0.25) is 0 Å². The molecule has 1 nitrogen and oxygen atoms in total. The maximum atomic E-state index is 2.39. The van der Waals surface area contributed by atoms with Crippen LogP contribution in [0.15, 0.2) is 23.1 Å². The standard InChI is InChI=1S/C18H27NS/c1-12(2)10-16-17(20-18(4,5)6)14-11-13(3)8-9-15(14)19(16)7/h8-9,11-12H,10H2,1-7H3. The summed E-state index contributed by atoms with van der Waals surface area (Å²) in [6, 6.07) is 6.82. The predicted octanol–water partition coefficient (Wildman–Crippen LogP) is 5.58. The number of rotatable bonds is 3. The lowest BCUT2D eigenvalue weighted by Gasteiger charge is -2.19. The van der Waals surface area contributed by atoms with Gasteiger partial charge in [0, 0.05) is 33.3 Å². The van der Waals surface area contributed by atoms with Crippen LogP contribution in [0.25, 0.3) is 10.9 Å². The van der Waals surface area contributed by atoms with Crippen LogP contribution in [0.5, 0.6) is 0 Å². The summed E-state index contributed by atoms with van der Waals surface area (Å²) < 4.78 is 2.63. The van der Waals surface area contributed by atoms with Gasteiger partial charge in [0.2, 0.25) is 0 Å². The summed E-state index contributed by atoms with van der Waals surface area (Å²) in [5.74, 6) is 0.679. The minimum Gasteiger partial charge on any atom is -0.347 e. The Morgan fingerprint density at radius 1 is 1.20 bits per heavy atom. The quantitative estimate of drug-likeness (QED) is 0.668. The smallest absolute Gasteiger partial charge is 0.0491 e. The monoisotopic (exact) mass is 289 g/mol. The molecule has 0 saturated heterocycles. The fraction of sp³-hybridized carbons (Fsp3) is 0.556. The Kier molecular flexibility index (Phi) is 4.24. The van der Waals surface area contributed by atoms with Crippen LogP contribution >= 0.6 is 11.8 Å². The van der Waals surface area contributed by atoms with E-state index in [4.69, 9.17) is 0 Å². The molecule has 0 bridgehead atoms. The molecule has 0 aliphatic heterocycles. The lowest BCUT2D eigenvalue weighted by Crippen LogP contribution is -2.09. The van der Waals surface area contributed by atoms with Crippen molar-refractivity contribution in [2.45, 2.75) is 57.6 Å². The van der Waals surface area contributed by atoms with Crippen molar-refractivity contribution in [2.24, 2.45) is 13.0 Å². The van der Waals surface area contributed by atoms with Crippen LogP contribution in [-0.2, 0) is 13.5 Å². The number of hydrogen-bond donors (Lipinski definition) is 0. The molecule has 110 valence electrons. The van der Waals surface area contributed by atoms with Gasteiger partial charge in [-0.2, -0.15) is 0 Å². The van der Waals surface area contributed by atoms with E-state index in [0.717, 1.165) is 6.42 Å². The molecule has 0 amide bonds. The van der Waals surface area contributed by atoms with Crippen molar-refractivity contribution in [3.63, 3.8) is 0 Å². The summed E-state index contributed by atoms with van der Waals surface area (Å²) in [6.07, 6.45) is 1.14. The largest absolute Gasteiger partial charge is 0.347 e. The van der Waals surface area contributed by atoms with Crippen molar-refractivity contribution >= 4 is 22.7 Å². The van der Waals surface area contributed by atoms with Crippen molar-refractivity contribution in [1.29, 1.82) is 0 Å². The van der Waals surface area contributed by atoms with Crippen molar-refractivity contribution < 1.29 is 0 Å². The molecule has 1 aromatic carbocycles. The molecule has 0 radical (unpaired) electrons. The highest BCUT2D eigenvalue weighted by Gasteiger charge is 2.21. The summed E-state index contributed by atoms with van der Waals surface area (Å²) in [6.45, 7) is 13.7. The molecule has 0 aliphatic carbocycles. The summed E-state index contributed by atoms with van der Waals surface area (Å²) in [5.41, 5.74) is 4.19. The number of fused-ring (bicyclic) bond motifs is 1. The summed E-state index contributed by atoms with van der Waals surface area (Å²) in [7, 11) is 2.21. The van der Waals surface area contributed by atoms with Gasteiger partial charge in [-0.15, -0.1) is 11.8 Å². The highest BCUT2D eigenvalue weighted by atomic mass is 32.2. The van der Waals surface area contributed by atoms with E-state index in [0.29, 0.717) is 5.92 Å². The van der Waals surface area contributed by atoms with Gasteiger partial charge < -0.3 is 4.57 Å². The number of thioether (sulfide) groups is 1. The zero-order valence-electron chi connectivity index (χ0n) is 13.9. The number of aryl methyl sites for hydroxylation is 2. The van der Waals surface area contributed by atoms with E-state index in [2.05, 4.69) is 71.4 Å². The second-order valence-electron chi connectivity index (χ2n) is 7.17. The first-order valence-electron chi connectivity index (χ1n) is 7.46. The molecular formula is C18H27NS. The highest BCUT2D eigenvalue weighted by molar-refractivity contribution is 8.00. The van der Waals surface area contributed by atoms with Gasteiger partial charge in [0.25, 0.3) is 0 Å². The first kappa shape index (κ1) is 15.5. The lowest BCUT2D eigenvalue weighted by molar-refractivity contribution is 0.611. The zero-order valence-corrected chi connectivity index (χ0v) is 14.7. The Morgan fingerprint density at radius 2 is 1.85 bits per heavy atom. The van der Waals surface area contributed by atoms with Crippen molar-refractivity contribution in [2.75, 3.05) is 0 Å².